The largest absolute Gasteiger partial charge is 0.383 e. The molecular formula is C13H13BrFN. The monoisotopic (exact) mass is 281 g/mol. The van der Waals surface area contributed by atoms with Crippen LogP contribution in [0.5, 0.6) is 0 Å². The molecule has 1 aliphatic heterocycles. The summed E-state index contributed by atoms with van der Waals surface area (Å²) in [7, 11) is 0. The smallest absolute Gasteiger partial charge is 0.124 e. The normalized spacial score (nSPS) is 17.3. The molecule has 0 amide bonds. The van der Waals surface area contributed by atoms with E-state index in [1.54, 1.807) is 6.07 Å². The Labute approximate surface area is 104 Å². The van der Waals surface area contributed by atoms with Crippen molar-refractivity contribution in [1.82, 2.24) is 0 Å². The van der Waals surface area contributed by atoms with E-state index in [0.717, 1.165) is 35.1 Å². The van der Waals surface area contributed by atoms with Crippen LogP contribution in [0.1, 0.15) is 31.2 Å². The molecule has 2 rings (SSSR count). The minimum Gasteiger partial charge on any atom is -0.383 e. The molecule has 0 bridgehead atoms. The van der Waals surface area contributed by atoms with Crippen molar-refractivity contribution in [3.8, 4) is 11.8 Å². The summed E-state index contributed by atoms with van der Waals surface area (Å²) >= 11 is 3.38. The Morgan fingerprint density at radius 1 is 1.56 bits per heavy atom. The van der Waals surface area contributed by atoms with Crippen molar-refractivity contribution in [3.63, 3.8) is 0 Å². The van der Waals surface area contributed by atoms with Crippen LogP contribution in [-0.2, 0) is 0 Å². The van der Waals surface area contributed by atoms with Crippen LogP contribution in [0.25, 0.3) is 0 Å². The average molecular weight is 282 g/mol. The highest BCUT2D eigenvalue weighted by atomic mass is 79.9. The fourth-order valence-electron chi connectivity index (χ4n) is 2.07. The topological polar surface area (TPSA) is 12.0 Å². The van der Waals surface area contributed by atoms with Crippen molar-refractivity contribution >= 4 is 21.6 Å². The van der Waals surface area contributed by atoms with Crippen molar-refractivity contribution in [2.45, 2.75) is 25.7 Å². The molecule has 1 nitrogen and oxygen atoms in total. The summed E-state index contributed by atoms with van der Waals surface area (Å²) in [5.41, 5.74) is 2.11. The molecule has 1 N–H and O–H groups in total. The summed E-state index contributed by atoms with van der Waals surface area (Å²) in [4.78, 5) is 0. The highest BCUT2D eigenvalue weighted by Gasteiger charge is 2.24. The van der Waals surface area contributed by atoms with E-state index in [2.05, 4.69) is 33.1 Å². The van der Waals surface area contributed by atoms with Crippen LogP contribution in [0.4, 0.5) is 10.1 Å². The van der Waals surface area contributed by atoms with Crippen LogP contribution in [0.15, 0.2) is 16.6 Å². The quantitative estimate of drug-likeness (QED) is 0.811. The molecule has 1 unspecified atom stereocenters. The lowest BCUT2D eigenvalue weighted by atomic mass is 9.96. The van der Waals surface area contributed by atoms with Gasteiger partial charge in [0.2, 0.25) is 0 Å². The van der Waals surface area contributed by atoms with Gasteiger partial charge in [-0.05, 0) is 47.0 Å². The molecule has 0 radical (unpaired) electrons. The van der Waals surface area contributed by atoms with E-state index in [9.17, 15) is 4.39 Å². The van der Waals surface area contributed by atoms with Crippen LogP contribution >= 0.6 is 15.9 Å². The van der Waals surface area contributed by atoms with E-state index in [4.69, 9.17) is 0 Å². The Morgan fingerprint density at radius 2 is 2.38 bits per heavy atom. The molecule has 0 spiro atoms. The molecule has 3 heteroatoms. The molecule has 0 aliphatic carbocycles. The maximum Gasteiger partial charge on any atom is 0.124 e. The van der Waals surface area contributed by atoms with E-state index >= 15 is 0 Å². The first-order chi connectivity index (χ1) is 7.72. The van der Waals surface area contributed by atoms with Crippen LogP contribution < -0.4 is 5.32 Å². The maximum absolute atomic E-state index is 13.3. The fourth-order valence-corrected chi connectivity index (χ4v) is 2.65. The van der Waals surface area contributed by atoms with Gasteiger partial charge in [0.25, 0.3) is 0 Å². The van der Waals surface area contributed by atoms with Crippen molar-refractivity contribution in [1.29, 1.82) is 0 Å². The first-order valence-corrected chi connectivity index (χ1v) is 6.14. The van der Waals surface area contributed by atoms with Gasteiger partial charge in [0.15, 0.2) is 0 Å². The van der Waals surface area contributed by atoms with Gasteiger partial charge in [0.1, 0.15) is 5.82 Å². The van der Waals surface area contributed by atoms with Crippen LogP contribution in [0.3, 0.4) is 0 Å². The van der Waals surface area contributed by atoms with Crippen LogP contribution in [-0.4, -0.2) is 6.54 Å². The molecule has 1 aromatic rings. The number of nitrogens with one attached hydrogen (secondary N) is 1. The summed E-state index contributed by atoms with van der Waals surface area (Å²) in [6.45, 7) is 2.72. The second-order valence-electron chi connectivity index (χ2n) is 3.90. The Bertz CT molecular complexity index is 459. The summed E-state index contributed by atoms with van der Waals surface area (Å²) in [6, 6.07) is 3.13. The molecule has 1 aromatic carbocycles. The number of rotatable bonds is 2. The molecule has 1 aliphatic rings. The number of fused-ring (bicyclic) bond motifs is 1. The summed E-state index contributed by atoms with van der Waals surface area (Å²) in [5.74, 6) is 6.13. The number of benzene rings is 1. The predicted octanol–water partition coefficient (Wildman–Crippen LogP) is 3.90. The van der Waals surface area contributed by atoms with Crippen molar-refractivity contribution in [3.05, 3.63) is 28.0 Å². The van der Waals surface area contributed by atoms with Crippen molar-refractivity contribution < 1.29 is 4.39 Å². The Kier molecular flexibility index (Phi) is 3.50. The highest BCUT2D eigenvalue weighted by molar-refractivity contribution is 9.10. The zero-order valence-corrected chi connectivity index (χ0v) is 10.7. The van der Waals surface area contributed by atoms with Crippen molar-refractivity contribution in [2.75, 3.05) is 11.9 Å². The molecule has 0 fully saturated rings. The minimum atomic E-state index is -0.180. The van der Waals surface area contributed by atoms with Gasteiger partial charge in [-0.2, -0.15) is 0 Å². The lowest BCUT2D eigenvalue weighted by Gasteiger charge is -2.08. The van der Waals surface area contributed by atoms with E-state index in [-0.39, 0.29) is 5.82 Å². The van der Waals surface area contributed by atoms with Gasteiger partial charge in [-0.1, -0.05) is 0 Å². The zero-order chi connectivity index (χ0) is 11.5. The third-order valence-corrected chi connectivity index (χ3v) is 3.47. The van der Waals surface area contributed by atoms with Gasteiger partial charge in [-0.25, -0.2) is 4.39 Å². The molecule has 1 atom stereocenters. The van der Waals surface area contributed by atoms with Gasteiger partial charge < -0.3 is 5.32 Å². The lowest BCUT2D eigenvalue weighted by molar-refractivity contribution is 0.619. The van der Waals surface area contributed by atoms with Gasteiger partial charge in [0, 0.05) is 23.4 Å². The SMILES string of the molecule is CC#CCCC1CNc2c(Br)cc(F)cc21. The number of anilines is 1. The predicted molar refractivity (Wildman–Crippen MR) is 68.0 cm³/mol. The average Bonchev–Trinajstić information content (AvgIpc) is 2.62. The van der Waals surface area contributed by atoms with Gasteiger partial charge in [-0.15, -0.1) is 11.8 Å². The second-order valence-corrected chi connectivity index (χ2v) is 4.75. The maximum atomic E-state index is 13.3. The molecule has 16 heavy (non-hydrogen) atoms. The highest BCUT2D eigenvalue weighted by Crippen LogP contribution is 2.39. The first-order valence-electron chi connectivity index (χ1n) is 5.34. The summed E-state index contributed by atoms with van der Waals surface area (Å²) in [5, 5.41) is 3.31. The van der Waals surface area contributed by atoms with E-state index < -0.39 is 0 Å². The summed E-state index contributed by atoms with van der Waals surface area (Å²) in [6.07, 6.45) is 1.85. The van der Waals surface area contributed by atoms with Gasteiger partial charge in [0.05, 0.1) is 5.69 Å². The zero-order valence-electron chi connectivity index (χ0n) is 9.11. The van der Waals surface area contributed by atoms with Gasteiger partial charge in [-0.3, -0.25) is 0 Å². The number of hydrogen-bond acceptors (Lipinski definition) is 1. The molecule has 0 saturated carbocycles. The minimum absolute atomic E-state index is 0.180. The number of hydrogen-bond donors (Lipinski definition) is 1. The Morgan fingerprint density at radius 3 is 3.12 bits per heavy atom. The van der Waals surface area contributed by atoms with Crippen LogP contribution in [0.2, 0.25) is 0 Å². The first kappa shape index (κ1) is 11.5. The molecule has 84 valence electrons. The third-order valence-electron chi connectivity index (χ3n) is 2.85. The molecular weight excluding hydrogens is 269 g/mol. The third kappa shape index (κ3) is 2.22. The summed E-state index contributed by atoms with van der Waals surface area (Å²) < 4.78 is 14.1. The van der Waals surface area contributed by atoms with E-state index in [0.29, 0.717) is 5.92 Å². The second kappa shape index (κ2) is 4.88. The van der Waals surface area contributed by atoms with Crippen molar-refractivity contribution in [2.24, 2.45) is 0 Å². The molecule has 0 saturated heterocycles. The number of halogens is 2. The van der Waals surface area contributed by atoms with Gasteiger partial charge >= 0.3 is 0 Å². The molecule has 1 heterocycles. The van der Waals surface area contributed by atoms with E-state index in [1.807, 2.05) is 6.92 Å². The molecule has 0 aromatic heterocycles. The lowest BCUT2D eigenvalue weighted by Crippen LogP contribution is -2.01. The Hall–Kier alpha value is -1.01. The van der Waals surface area contributed by atoms with E-state index in [1.165, 1.54) is 6.07 Å². The fraction of sp³-hybridized carbons (Fsp3) is 0.385. The standard InChI is InChI=1S/C13H13BrFN/c1-2-3-4-5-9-8-16-13-11(9)6-10(15)7-12(13)14/h6-7,9,16H,4-5,8H2,1H3. The Balaban J connectivity index is 2.20. The van der Waals surface area contributed by atoms with Crippen LogP contribution in [0, 0.1) is 17.7 Å².